The summed E-state index contributed by atoms with van der Waals surface area (Å²) in [6.07, 6.45) is 0. The average molecular weight is 450 g/mol. The number of hydrogen-bond acceptors (Lipinski definition) is 4. The Labute approximate surface area is 151 Å². The van der Waals surface area contributed by atoms with Crippen molar-refractivity contribution in [1.82, 2.24) is 4.84 Å². The third-order valence-corrected chi connectivity index (χ3v) is 4.80. The van der Waals surface area contributed by atoms with Crippen LogP contribution in [0, 0.1) is 3.57 Å². The van der Waals surface area contributed by atoms with Crippen LogP contribution in [0.1, 0.15) is 10.4 Å². The number of nitrogens with one attached hydrogen (secondary N) is 1. The van der Waals surface area contributed by atoms with E-state index in [1.165, 1.54) is 0 Å². The van der Waals surface area contributed by atoms with Gasteiger partial charge in [0.05, 0.1) is 17.8 Å². The number of amides is 1. The van der Waals surface area contributed by atoms with Crippen molar-refractivity contribution >= 4 is 52.0 Å². The van der Waals surface area contributed by atoms with Gasteiger partial charge in [-0.25, -0.2) is 0 Å². The molecule has 1 N–H and O–H groups in total. The number of benzene rings is 2. The first-order valence-corrected chi connectivity index (χ1v) is 8.46. The van der Waals surface area contributed by atoms with Crippen LogP contribution in [0.25, 0.3) is 0 Å². The number of hydrogen-bond donors (Lipinski definition) is 1. The Bertz CT molecular complexity index is 679. The predicted molar refractivity (Wildman–Crippen MR) is 96.1 cm³/mol. The Kier molecular flexibility index (Phi) is 6.22. The summed E-state index contributed by atoms with van der Waals surface area (Å²) in [7, 11) is 3.23. The predicted octanol–water partition coefficient (Wildman–Crippen LogP) is 4.34. The molecule has 0 aliphatic rings. The Morgan fingerprint density at radius 1 is 1.14 bits per heavy atom. The molecule has 2 aromatic rings. The summed E-state index contributed by atoms with van der Waals surface area (Å²) >= 11 is 9.09. The third kappa shape index (κ3) is 3.99. The Morgan fingerprint density at radius 2 is 1.82 bits per heavy atom. The number of methoxy groups -OCH3 is 2. The molecule has 0 heterocycles. The Hall–Kier alpha value is -1.12. The van der Waals surface area contributed by atoms with E-state index in [9.17, 15) is 4.79 Å². The van der Waals surface area contributed by atoms with E-state index in [1.54, 1.807) is 38.1 Å². The van der Waals surface area contributed by atoms with E-state index in [1.807, 2.05) is 24.3 Å². The molecule has 0 aliphatic heterocycles. The van der Waals surface area contributed by atoms with Crippen LogP contribution in [0.3, 0.4) is 0 Å². The SMILES string of the molecule is COc1cc(Sc2ccc(C(=O)NCl)cc2)cc(I)c1OC. The van der Waals surface area contributed by atoms with Gasteiger partial charge in [-0.05, 0) is 59.0 Å². The smallest absolute Gasteiger partial charge is 0.265 e. The fourth-order valence-corrected chi connectivity index (χ4v) is 3.85. The molecule has 0 saturated carbocycles. The quantitative estimate of drug-likeness (QED) is 0.545. The van der Waals surface area contributed by atoms with Gasteiger partial charge in [-0.1, -0.05) is 11.8 Å². The van der Waals surface area contributed by atoms with Gasteiger partial charge in [0, 0.05) is 27.1 Å². The molecule has 2 rings (SSSR count). The molecule has 0 aliphatic carbocycles. The first-order valence-electron chi connectivity index (χ1n) is 6.19. The average Bonchev–Trinajstić information content (AvgIpc) is 2.54. The van der Waals surface area contributed by atoms with Gasteiger partial charge >= 0.3 is 0 Å². The number of rotatable bonds is 5. The maximum atomic E-state index is 11.4. The zero-order valence-corrected chi connectivity index (χ0v) is 15.6. The van der Waals surface area contributed by atoms with Crippen molar-refractivity contribution in [2.75, 3.05) is 14.2 Å². The number of ether oxygens (including phenoxy) is 2. The van der Waals surface area contributed by atoms with Gasteiger partial charge in [0.1, 0.15) is 0 Å². The highest BCUT2D eigenvalue weighted by Crippen LogP contribution is 2.38. The lowest BCUT2D eigenvalue weighted by Gasteiger charge is -2.12. The molecule has 0 radical (unpaired) electrons. The molecule has 0 aromatic heterocycles. The molecule has 2 aromatic carbocycles. The molecule has 4 nitrogen and oxygen atoms in total. The zero-order chi connectivity index (χ0) is 16.1. The second-order valence-electron chi connectivity index (χ2n) is 4.19. The summed E-state index contributed by atoms with van der Waals surface area (Å²) < 4.78 is 11.7. The van der Waals surface area contributed by atoms with Crippen molar-refractivity contribution in [2.45, 2.75) is 9.79 Å². The minimum absolute atomic E-state index is 0.320. The maximum absolute atomic E-state index is 11.4. The summed E-state index contributed by atoms with van der Waals surface area (Å²) in [4.78, 5) is 15.5. The molecule has 1 amide bonds. The van der Waals surface area contributed by atoms with Crippen molar-refractivity contribution in [3.63, 3.8) is 0 Å². The first kappa shape index (κ1) is 17.2. The van der Waals surface area contributed by atoms with Gasteiger partial charge in [-0.3, -0.25) is 9.63 Å². The fraction of sp³-hybridized carbons (Fsp3) is 0.133. The van der Waals surface area contributed by atoms with Crippen LogP contribution < -0.4 is 14.3 Å². The third-order valence-electron chi connectivity index (χ3n) is 2.85. The van der Waals surface area contributed by atoms with Gasteiger partial charge in [0.15, 0.2) is 11.5 Å². The molecule has 7 heteroatoms. The summed E-state index contributed by atoms with van der Waals surface area (Å²) in [5.41, 5.74) is 0.515. The van der Waals surface area contributed by atoms with E-state index in [4.69, 9.17) is 21.3 Å². The van der Waals surface area contributed by atoms with Crippen molar-refractivity contribution in [1.29, 1.82) is 0 Å². The normalized spacial score (nSPS) is 10.2. The van der Waals surface area contributed by atoms with E-state index in [0.29, 0.717) is 11.3 Å². The number of halogens is 2. The van der Waals surface area contributed by atoms with E-state index in [2.05, 4.69) is 27.4 Å². The lowest BCUT2D eigenvalue weighted by atomic mass is 10.2. The minimum Gasteiger partial charge on any atom is -0.493 e. The fourth-order valence-electron chi connectivity index (χ4n) is 1.82. The van der Waals surface area contributed by atoms with Crippen LogP contribution in [0.15, 0.2) is 46.2 Å². The van der Waals surface area contributed by atoms with Crippen molar-refractivity contribution in [3.8, 4) is 11.5 Å². The lowest BCUT2D eigenvalue weighted by molar-refractivity contribution is 0.0982. The van der Waals surface area contributed by atoms with Gasteiger partial charge in [-0.2, -0.15) is 0 Å². The number of carbonyl (C=O) groups is 1. The van der Waals surface area contributed by atoms with Crippen molar-refractivity contribution in [2.24, 2.45) is 0 Å². The second-order valence-corrected chi connectivity index (χ2v) is 6.69. The highest BCUT2D eigenvalue weighted by molar-refractivity contribution is 14.1. The lowest BCUT2D eigenvalue weighted by Crippen LogP contribution is -2.11. The topological polar surface area (TPSA) is 47.6 Å². The molecule has 0 bridgehead atoms. The molecular weight excluding hydrogens is 437 g/mol. The van der Waals surface area contributed by atoms with Crippen LogP contribution in [0.2, 0.25) is 0 Å². The monoisotopic (exact) mass is 449 g/mol. The summed E-state index contributed by atoms with van der Waals surface area (Å²) in [6.45, 7) is 0. The highest BCUT2D eigenvalue weighted by atomic mass is 127. The summed E-state index contributed by atoms with van der Waals surface area (Å²) in [5.74, 6) is 1.09. The highest BCUT2D eigenvalue weighted by Gasteiger charge is 2.11. The van der Waals surface area contributed by atoms with Gasteiger partial charge < -0.3 is 9.47 Å². The van der Waals surface area contributed by atoms with Gasteiger partial charge in [-0.15, -0.1) is 0 Å². The van der Waals surface area contributed by atoms with Crippen LogP contribution >= 0.6 is 46.1 Å². The van der Waals surface area contributed by atoms with E-state index >= 15 is 0 Å². The molecular formula is C15H13ClINO3S. The van der Waals surface area contributed by atoms with E-state index < -0.39 is 0 Å². The molecule has 0 fully saturated rings. The van der Waals surface area contributed by atoms with Crippen LogP contribution in [0.5, 0.6) is 11.5 Å². The Morgan fingerprint density at radius 3 is 2.36 bits per heavy atom. The molecule has 0 unspecified atom stereocenters. The summed E-state index contributed by atoms with van der Waals surface area (Å²) in [5, 5.41) is 0. The van der Waals surface area contributed by atoms with E-state index in [-0.39, 0.29) is 5.91 Å². The van der Waals surface area contributed by atoms with Crippen LogP contribution in [-0.4, -0.2) is 20.1 Å². The second kappa shape index (κ2) is 7.94. The van der Waals surface area contributed by atoms with Crippen molar-refractivity contribution < 1.29 is 14.3 Å². The van der Waals surface area contributed by atoms with Crippen LogP contribution in [0.4, 0.5) is 0 Å². The molecule has 116 valence electrons. The van der Waals surface area contributed by atoms with Crippen molar-refractivity contribution in [3.05, 3.63) is 45.5 Å². The maximum Gasteiger partial charge on any atom is 0.265 e. The largest absolute Gasteiger partial charge is 0.493 e. The standard InChI is InChI=1S/C15H13ClINO3S/c1-20-13-8-11(7-12(17)14(13)21-2)22-10-5-3-9(4-6-10)15(19)18-16/h3-8H,1-2H3,(H,18,19). The van der Waals surface area contributed by atoms with E-state index in [0.717, 1.165) is 19.1 Å². The van der Waals surface area contributed by atoms with Gasteiger partial charge in [0.2, 0.25) is 0 Å². The molecule has 0 atom stereocenters. The molecule has 22 heavy (non-hydrogen) atoms. The Balaban J connectivity index is 2.23. The first-order chi connectivity index (χ1) is 10.6. The van der Waals surface area contributed by atoms with Gasteiger partial charge in [0.25, 0.3) is 5.91 Å². The zero-order valence-electron chi connectivity index (χ0n) is 11.9. The molecule has 0 saturated heterocycles. The summed E-state index contributed by atoms with van der Waals surface area (Å²) in [6, 6.07) is 11.1. The minimum atomic E-state index is -0.320. The number of carbonyl (C=O) groups excluding carboxylic acids is 1. The molecule has 0 spiro atoms. The van der Waals surface area contributed by atoms with Crippen LogP contribution in [-0.2, 0) is 0 Å².